The second-order valence-electron chi connectivity index (χ2n) is 6.85. The van der Waals surface area contributed by atoms with Gasteiger partial charge in [0.2, 0.25) is 0 Å². The third-order valence-electron chi connectivity index (χ3n) is 5.30. The summed E-state index contributed by atoms with van der Waals surface area (Å²) in [6, 6.07) is 0.123. The molecule has 0 saturated heterocycles. The first-order chi connectivity index (χ1) is 10.0. The highest BCUT2D eigenvalue weighted by atomic mass is 16.4. The Labute approximate surface area is 127 Å². The van der Waals surface area contributed by atoms with Crippen LogP contribution in [0, 0.1) is 5.41 Å². The van der Waals surface area contributed by atoms with E-state index < -0.39 is 5.97 Å². The van der Waals surface area contributed by atoms with Gasteiger partial charge in [0.25, 0.3) is 0 Å². The molecule has 0 aromatic heterocycles. The molecule has 2 amide bonds. The van der Waals surface area contributed by atoms with Crippen molar-refractivity contribution in [2.24, 2.45) is 5.41 Å². The number of urea groups is 1. The van der Waals surface area contributed by atoms with Gasteiger partial charge in [0, 0.05) is 19.6 Å². The van der Waals surface area contributed by atoms with Gasteiger partial charge in [-0.25, -0.2) is 4.79 Å². The fourth-order valence-corrected chi connectivity index (χ4v) is 3.83. The van der Waals surface area contributed by atoms with E-state index >= 15 is 0 Å². The molecule has 2 aliphatic carbocycles. The van der Waals surface area contributed by atoms with Gasteiger partial charge < -0.3 is 15.3 Å². The van der Waals surface area contributed by atoms with Crippen LogP contribution in [0.4, 0.5) is 4.79 Å². The van der Waals surface area contributed by atoms with E-state index in [2.05, 4.69) is 5.32 Å². The van der Waals surface area contributed by atoms with Gasteiger partial charge in [-0.05, 0) is 43.9 Å². The number of hydrogen-bond acceptors (Lipinski definition) is 2. The lowest BCUT2D eigenvalue weighted by molar-refractivity contribution is -0.137. The molecule has 0 bridgehead atoms. The lowest BCUT2D eigenvalue weighted by atomic mass is 9.64. The zero-order valence-electron chi connectivity index (χ0n) is 13.1. The maximum Gasteiger partial charge on any atom is 0.317 e. The lowest BCUT2D eigenvalue weighted by Gasteiger charge is -2.43. The highest BCUT2D eigenvalue weighted by Crippen LogP contribution is 2.47. The van der Waals surface area contributed by atoms with E-state index in [1.807, 2.05) is 0 Å². The second kappa shape index (κ2) is 7.14. The summed E-state index contributed by atoms with van der Waals surface area (Å²) >= 11 is 0. The third kappa shape index (κ3) is 4.61. The summed E-state index contributed by atoms with van der Waals surface area (Å²) in [6.07, 6.45) is 11.5. The number of carboxylic acid groups (broad SMARTS) is 1. The van der Waals surface area contributed by atoms with E-state index in [4.69, 9.17) is 5.11 Å². The van der Waals surface area contributed by atoms with Crippen molar-refractivity contribution < 1.29 is 14.7 Å². The molecular weight excluding hydrogens is 268 g/mol. The lowest BCUT2D eigenvalue weighted by Crippen LogP contribution is -2.46. The van der Waals surface area contributed by atoms with Gasteiger partial charge in [0.05, 0.1) is 6.42 Å². The summed E-state index contributed by atoms with van der Waals surface area (Å²) in [5, 5.41) is 11.7. The number of carbonyl (C=O) groups excluding carboxylic acids is 1. The number of carboxylic acids is 1. The Morgan fingerprint density at radius 3 is 2.33 bits per heavy atom. The maximum atomic E-state index is 12.0. The summed E-state index contributed by atoms with van der Waals surface area (Å²) in [5.74, 6) is -0.869. The molecule has 5 heteroatoms. The predicted octanol–water partition coefficient (Wildman–Crippen LogP) is 3.00. The average molecular weight is 296 g/mol. The highest BCUT2D eigenvalue weighted by Gasteiger charge is 2.36. The van der Waals surface area contributed by atoms with E-state index in [1.54, 1.807) is 7.05 Å². The van der Waals surface area contributed by atoms with Crippen LogP contribution in [-0.4, -0.2) is 41.6 Å². The standard InChI is InChI=1S/C16H28N2O3/c1-18(12-7-14(19)20)15(21)17-13-5-10-16(11-6-13)8-3-2-4-9-16/h13H,2-12H2,1H3,(H,17,21)(H,19,20). The topological polar surface area (TPSA) is 69.6 Å². The normalized spacial score (nSPS) is 22.0. The Morgan fingerprint density at radius 2 is 1.76 bits per heavy atom. The summed E-state index contributed by atoms with van der Waals surface area (Å²) < 4.78 is 0. The van der Waals surface area contributed by atoms with Crippen LogP contribution < -0.4 is 5.32 Å². The van der Waals surface area contributed by atoms with E-state index in [1.165, 1.54) is 49.8 Å². The van der Waals surface area contributed by atoms with Gasteiger partial charge in [-0.3, -0.25) is 4.79 Å². The number of carbonyl (C=O) groups is 2. The number of amides is 2. The first-order valence-corrected chi connectivity index (χ1v) is 8.24. The predicted molar refractivity (Wildman–Crippen MR) is 81.2 cm³/mol. The number of aliphatic carboxylic acids is 1. The van der Waals surface area contributed by atoms with Crippen LogP contribution in [0.15, 0.2) is 0 Å². The van der Waals surface area contributed by atoms with Crippen molar-refractivity contribution in [2.75, 3.05) is 13.6 Å². The molecule has 0 aromatic carbocycles. The molecular formula is C16H28N2O3. The van der Waals surface area contributed by atoms with Gasteiger partial charge >= 0.3 is 12.0 Å². The average Bonchev–Trinajstić information content (AvgIpc) is 2.48. The molecule has 0 atom stereocenters. The summed E-state index contributed by atoms with van der Waals surface area (Å²) in [4.78, 5) is 24.0. The fraction of sp³-hybridized carbons (Fsp3) is 0.875. The molecule has 0 heterocycles. The van der Waals surface area contributed by atoms with Crippen molar-refractivity contribution in [3.63, 3.8) is 0 Å². The van der Waals surface area contributed by atoms with Crippen molar-refractivity contribution in [3.8, 4) is 0 Å². The molecule has 2 rings (SSSR count). The van der Waals surface area contributed by atoms with Crippen LogP contribution in [0.2, 0.25) is 0 Å². The molecule has 0 aromatic rings. The molecule has 0 radical (unpaired) electrons. The van der Waals surface area contributed by atoms with Gasteiger partial charge in [0.1, 0.15) is 0 Å². The molecule has 2 saturated carbocycles. The quantitative estimate of drug-likeness (QED) is 0.838. The molecule has 2 aliphatic rings. The number of nitrogens with one attached hydrogen (secondary N) is 1. The first-order valence-electron chi connectivity index (χ1n) is 8.24. The Kier molecular flexibility index (Phi) is 5.48. The molecule has 2 fully saturated rings. The monoisotopic (exact) mass is 296 g/mol. The minimum Gasteiger partial charge on any atom is -0.481 e. The smallest absolute Gasteiger partial charge is 0.317 e. The van der Waals surface area contributed by atoms with Crippen molar-refractivity contribution in [1.29, 1.82) is 0 Å². The Balaban J connectivity index is 1.72. The SMILES string of the molecule is CN(CCC(=O)O)C(=O)NC1CCC2(CCCCC2)CC1. The Hall–Kier alpha value is -1.26. The van der Waals surface area contributed by atoms with E-state index in [-0.39, 0.29) is 25.0 Å². The van der Waals surface area contributed by atoms with E-state index in [9.17, 15) is 9.59 Å². The number of rotatable bonds is 4. The number of hydrogen-bond donors (Lipinski definition) is 2. The third-order valence-corrected chi connectivity index (χ3v) is 5.30. The fourth-order valence-electron chi connectivity index (χ4n) is 3.83. The molecule has 1 spiro atoms. The Bertz CT molecular complexity index is 368. The molecule has 2 N–H and O–H groups in total. The molecule has 120 valence electrons. The van der Waals surface area contributed by atoms with Gasteiger partial charge in [-0.15, -0.1) is 0 Å². The van der Waals surface area contributed by atoms with Crippen LogP contribution in [0.5, 0.6) is 0 Å². The molecule has 5 nitrogen and oxygen atoms in total. The molecule has 0 unspecified atom stereocenters. The van der Waals surface area contributed by atoms with Gasteiger partial charge in [0.15, 0.2) is 0 Å². The zero-order valence-corrected chi connectivity index (χ0v) is 13.1. The Morgan fingerprint density at radius 1 is 1.14 bits per heavy atom. The van der Waals surface area contributed by atoms with Gasteiger partial charge in [-0.1, -0.05) is 19.3 Å². The second-order valence-corrected chi connectivity index (χ2v) is 6.85. The van der Waals surface area contributed by atoms with Crippen molar-refractivity contribution >= 4 is 12.0 Å². The van der Waals surface area contributed by atoms with E-state index in [0.717, 1.165) is 12.8 Å². The maximum absolute atomic E-state index is 12.0. The minimum absolute atomic E-state index is 0.00228. The van der Waals surface area contributed by atoms with Crippen LogP contribution in [0.1, 0.15) is 64.2 Å². The van der Waals surface area contributed by atoms with Crippen molar-refractivity contribution in [2.45, 2.75) is 70.3 Å². The zero-order chi connectivity index (χ0) is 15.3. The summed E-state index contributed by atoms with van der Waals surface area (Å²) in [7, 11) is 1.66. The van der Waals surface area contributed by atoms with Gasteiger partial charge in [-0.2, -0.15) is 0 Å². The molecule has 0 aliphatic heterocycles. The minimum atomic E-state index is -0.869. The highest BCUT2D eigenvalue weighted by molar-refractivity contribution is 5.75. The van der Waals surface area contributed by atoms with E-state index in [0.29, 0.717) is 5.41 Å². The summed E-state index contributed by atoms with van der Waals surface area (Å²) in [5.41, 5.74) is 0.564. The van der Waals surface area contributed by atoms with Crippen molar-refractivity contribution in [3.05, 3.63) is 0 Å². The summed E-state index contributed by atoms with van der Waals surface area (Å²) in [6.45, 7) is 0.262. The van der Waals surface area contributed by atoms with Crippen LogP contribution >= 0.6 is 0 Å². The first kappa shape index (κ1) is 16.1. The van der Waals surface area contributed by atoms with Crippen LogP contribution in [-0.2, 0) is 4.79 Å². The largest absolute Gasteiger partial charge is 0.481 e. The number of nitrogens with zero attached hydrogens (tertiary/aromatic N) is 1. The van der Waals surface area contributed by atoms with Crippen LogP contribution in [0.25, 0.3) is 0 Å². The molecule has 21 heavy (non-hydrogen) atoms. The van der Waals surface area contributed by atoms with Crippen molar-refractivity contribution in [1.82, 2.24) is 10.2 Å². The van der Waals surface area contributed by atoms with Crippen LogP contribution in [0.3, 0.4) is 0 Å².